The molecule has 0 saturated heterocycles. The summed E-state index contributed by atoms with van der Waals surface area (Å²) in [5.41, 5.74) is 6.60. The zero-order chi connectivity index (χ0) is 13.5. The summed E-state index contributed by atoms with van der Waals surface area (Å²) in [6, 6.07) is 9.49. The number of hydrogen-bond donors (Lipinski definition) is 1. The van der Waals surface area contributed by atoms with Gasteiger partial charge in [0.05, 0.1) is 0 Å². The number of hydrogen-bond acceptors (Lipinski definition) is 5. The highest BCUT2D eigenvalue weighted by atomic mass is 16.5. The molecule has 0 aliphatic heterocycles. The predicted octanol–water partition coefficient (Wildman–Crippen LogP) is 1.92. The van der Waals surface area contributed by atoms with Crippen LogP contribution in [0.4, 0.5) is 0 Å². The summed E-state index contributed by atoms with van der Waals surface area (Å²) in [7, 11) is 0. The number of aromatic nitrogens is 1. The van der Waals surface area contributed by atoms with Crippen LogP contribution in [0.15, 0.2) is 41.1 Å². The van der Waals surface area contributed by atoms with Gasteiger partial charge in [0, 0.05) is 6.42 Å². The topological polar surface area (TPSA) is 78.4 Å². The molecule has 0 saturated carbocycles. The maximum Gasteiger partial charge on any atom is 0.360 e. The van der Waals surface area contributed by atoms with Crippen LogP contribution < -0.4 is 5.73 Å². The van der Waals surface area contributed by atoms with Gasteiger partial charge in [0.25, 0.3) is 0 Å². The molecule has 0 aliphatic rings. The molecule has 2 N–H and O–H groups in total. The zero-order valence-electron chi connectivity index (χ0n) is 10.5. The van der Waals surface area contributed by atoms with Crippen molar-refractivity contribution < 1.29 is 13.9 Å². The molecule has 1 aromatic carbocycles. The molecular formula is C14H16N2O3. The van der Waals surface area contributed by atoms with E-state index in [2.05, 4.69) is 4.98 Å². The molecular weight excluding hydrogens is 244 g/mol. The molecule has 1 aromatic heterocycles. The van der Waals surface area contributed by atoms with Crippen molar-refractivity contribution in [1.29, 1.82) is 0 Å². The van der Waals surface area contributed by atoms with Crippen molar-refractivity contribution >= 4 is 5.97 Å². The minimum absolute atomic E-state index is 0.225. The van der Waals surface area contributed by atoms with E-state index in [0.29, 0.717) is 18.7 Å². The standard InChI is InChI=1S/C14H16N2O3/c15-8-4-7-12-13(16-10-19-12)14(17)18-9-11-5-2-1-3-6-11/h1-3,5-6,10H,4,7-9,15H2. The van der Waals surface area contributed by atoms with Crippen molar-refractivity contribution in [2.45, 2.75) is 19.4 Å². The number of benzene rings is 1. The van der Waals surface area contributed by atoms with Gasteiger partial charge >= 0.3 is 5.97 Å². The first kappa shape index (κ1) is 13.3. The van der Waals surface area contributed by atoms with Crippen LogP contribution in [0, 0.1) is 0 Å². The van der Waals surface area contributed by atoms with E-state index in [1.807, 2.05) is 30.3 Å². The van der Waals surface area contributed by atoms with Crippen molar-refractivity contribution in [2.24, 2.45) is 5.73 Å². The monoisotopic (exact) mass is 260 g/mol. The molecule has 5 nitrogen and oxygen atoms in total. The summed E-state index contributed by atoms with van der Waals surface area (Å²) in [6.45, 7) is 0.766. The van der Waals surface area contributed by atoms with Gasteiger partial charge in [-0.3, -0.25) is 0 Å². The summed E-state index contributed by atoms with van der Waals surface area (Å²) in [4.78, 5) is 15.8. The van der Waals surface area contributed by atoms with Crippen LogP contribution in [0.1, 0.15) is 28.2 Å². The number of carbonyl (C=O) groups excluding carboxylic acids is 1. The van der Waals surface area contributed by atoms with E-state index in [9.17, 15) is 4.79 Å². The molecule has 0 fully saturated rings. The van der Waals surface area contributed by atoms with E-state index in [0.717, 1.165) is 12.0 Å². The number of nitrogens with two attached hydrogens (primary N) is 1. The van der Waals surface area contributed by atoms with Gasteiger partial charge in [-0.05, 0) is 18.5 Å². The molecule has 5 heteroatoms. The largest absolute Gasteiger partial charge is 0.456 e. The van der Waals surface area contributed by atoms with E-state index >= 15 is 0 Å². The maximum absolute atomic E-state index is 11.9. The average Bonchev–Trinajstić information content (AvgIpc) is 2.92. The van der Waals surface area contributed by atoms with Gasteiger partial charge in [0.15, 0.2) is 12.1 Å². The fraction of sp³-hybridized carbons (Fsp3) is 0.286. The number of aryl methyl sites for hydroxylation is 1. The Morgan fingerprint density at radius 3 is 2.84 bits per heavy atom. The Balaban J connectivity index is 1.94. The highest BCUT2D eigenvalue weighted by molar-refractivity contribution is 5.88. The average molecular weight is 260 g/mol. The maximum atomic E-state index is 11.9. The number of oxazole rings is 1. The number of nitrogens with zero attached hydrogens (tertiary/aromatic N) is 1. The molecule has 0 atom stereocenters. The highest BCUT2D eigenvalue weighted by Crippen LogP contribution is 2.12. The second-order valence-corrected chi connectivity index (χ2v) is 4.08. The molecule has 0 aliphatic carbocycles. The summed E-state index contributed by atoms with van der Waals surface area (Å²) in [6.07, 6.45) is 2.59. The quantitative estimate of drug-likeness (QED) is 0.803. The number of ether oxygens (including phenoxy) is 1. The van der Waals surface area contributed by atoms with Gasteiger partial charge in [-0.2, -0.15) is 0 Å². The fourth-order valence-electron chi connectivity index (χ4n) is 1.67. The molecule has 0 unspecified atom stereocenters. The third kappa shape index (κ3) is 3.66. The second kappa shape index (κ2) is 6.70. The Kier molecular flexibility index (Phi) is 4.69. The van der Waals surface area contributed by atoms with Gasteiger partial charge in [0.1, 0.15) is 12.4 Å². The van der Waals surface area contributed by atoms with E-state index in [1.165, 1.54) is 6.39 Å². The van der Waals surface area contributed by atoms with Gasteiger partial charge in [-0.1, -0.05) is 30.3 Å². The van der Waals surface area contributed by atoms with E-state index in [-0.39, 0.29) is 12.3 Å². The van der Waals surface area contributed by atoms with E-state index in [4.69, 9.17) is 14.9 Å². The van der Waals surface area contributed by atoms with Crippen LogP contribution in [0.25, 0.3) is 0 Å². The van der Waals surface area contributed by atoms with Gasteiger partial charge in [0.2, 0.25) is 0 Å². The Bertz CT molecular complexity index is 522. The summed E-state index contributed by atoms with van der Waals surface area (Å²) >= 11 is 0. The van der Waals surface area contributed by atoms with Crippen LogP contribution in [0.5, 0.6) is 0 Å². The molecule has 0 spiro atoms. The first-order chi connectivity index (χ1) is 9.31. The number of esters is 1. The van der Waals surface area contributed by atoms with Crippen molar-refractivity contribution in [3.05, 3.63) is 53.7 Å². The normalized spacial score (nSPS) is 10.4. The first-order valence-electron chi connectivity index (χ1n) is 6.14. The lowest BCUT2D eigenvalue weighted by Crippen LogP contribution is -2.09. The SMILES string of the molecule is NCCCc1ocnc1C(=O)OCc1ccccc1. The smallest absolute Gasteiger partial charge is 0.360 e. The Hall–Kier alpha value is -2.14. The molecule has 1 heterocycles. The van der Waals surface area contributed by atoms with Crippen LogP contribution in [0.3, 0.4) is 0 Å². The van der Waals surface area contributed by atoms with Crippen molar-refractivity contribution in [1.82, 2.24) is 4.98 Å². The summed E-state index contributed by atoms with van der Waals surface area (Å²) in [5, 5.41) is 0. The molecule has 2 aromatic rings. The van der Waals surface area contributed by atoms with Crippen LogP contribution in [-0.2, 0) is 17.8 Å². The lowest BCUT2D eigenvalue weighted by molar-refractivity contribution is 0.0464. The lowest BCUT2D eigenvalue weighted by Gasteiger charge is -2.04. The highest BCUT2D eigenvalue weighted by Gasteiger charge is 2.17. The minimum atomic E-state index is -0.468. The zero-order valence-corrected chi connectivity index (χ0v) is 10.5. The second-order valence-electron chi connectivity index (χ2n) is 4.08. The molecule has 0 radical (unpaired) electrons. The van der Waals surface area contributed by atoms with Crippen LogP contribution in [-0.4, -0.2) is 17.5 Å². The third-order valence-corrected chi connectivity index (χ3v) is 2.65. The van der Waals surface area contributed by atoms with Gasteiger partial charge in [-0.15, -0.1) is 0 Å². The minimum Gasteiger partial charge on any atom is -0.456 e. The van der Waals surface area contributed by atoms with Crippen molar-refractivity contribution in [3.63, 3.8) is 0 Å². The summed E-state index contributed by atoms with van der Waals surface area (Å²) in [5.74, 6) is 0.0631. The van der Waals surface area contributed by atoms with Gasteiger partial charge < -0.3 is 14.9 Å². The van der Waals surface area contributed by atoms with Crippen LogP contribution in [0.2, 0.25) is 0 Å². The molecule has 2 rings (SSSR count). The molecule has 0 amide bonds. The summed E-state index contributed by atoms with van der Waals surface area (Å²) < 4.78 is 10.4. The Morgan fingerprint density at radius 2 is 2.11 bits per heavy atom. The van der Waals surface area contributed by atoms with Crippen LogP contribution >= 0.6 is 0 Å². The Morgan fingerprint density at radius 1 is 1.32 bits per heavy atom. The first-order valence-corrected chi connectivity index (χ1v) is 6.14. The van der Waals surface area contributed by atoms with E-state index < -0.39 is 5.97 Å². The molecule has 19 heavy (non-hydrogen) atoms. The third-order valence-electron chi connectivity index (χ3n) is 2.65. The van der Waals surface area contributed by atoms with Gasteiger partial charge in [-0.25, -0.2) is 9.78 Å². The lowest BCUT2D eigenvalue weighted by atomic mass is 10.2. The number of carbonyl (C=O) groups is 1. The Labute approximate surface area is 111 Å². The van der Waals surface area contributed by atoms with Crippen molar-refractivity contribution in [3.8, 4) is 0 Å². The fourth-order valence-corrected chi connectivity index (χ4v) is 1.67. The van der Waals surface area contributed by atoms with E-state index in [1.54, 1.807) is 0 Å². The molecule has 100 valence electrons. The molecule has 0 bridgehead atoms. The predicted molar refractivity (Wildman–Crippen MR) is 69.4 cm³/mol. The van der Waals surface area contributed by atoms with Crippen molar-refractivity contribution in [2.75, 3.05) is 6.54 Å². The number of rotatable bonds is 6.